The van der Waals surface area contributed by atoms with Crippen molar-refractivity contribution in [1.29, 1.82) is 0 Å². The molecule has 1 amide bonds. The number of nitrogens with zero attached hydrogens (tertiary/aromatic N) is 1. The molecule has 0 atom stereocenters. The molecule has 1 aliphatic rings. The van der Waals surface area contributed by atoms with Crippen molar-refractivity contribution in [2.75, 3.05) is 5.32 Å². The summed E-state index contributed by atoms with van der Waals surface area (Å²) in [7, 11) is 0. The molecule has 4 rings (SSSR count). The van der Waals surface area contributed by atoms with Crippen molar-refractivity contribution in [2.45, 2.75) is 24.4 Å². The van der Waals surface area contributed by atoms with Crippen molar-refractivity contribution in [3.05, 3.63) is 71.7 Å². The number of hydrogen-bond donors (Lipinski definition) is 1. The normalized spacial score (nSPS) is 14.8. The highest BCUT2D eigenvalue weighted by Crippen LogP contribution is 2.49. The van der Waals surface area contributed by atoms with Gasteiger partial charge in [-0.05, 0) is 61.2 Å². The molecule has 1 heterocycles. The zero-order chi connectivity index (χ0) is 20.6. The van der Waals surface area contributed by atoms with Crippen LogP contribution in [0.4, 0.5) is 23.2 Å². The number of benzene rings is 2. The molecule has 29 heavy (non-hydrogen) atoms. The Hall–Kier alpha value is -3.40. The molecule has 7 heteroatoms. The van der Waals surface area contributed by atoms with E-state index in [2.05, 4.69) is 22.1 Å². The van der Waals surface area contributed by atoms with Gasteiger partial charge in [0.25, 0.3) is 5.91 Å². The summed E-state index contributed by atoms with van der Waals surface area (Å²) in [4.78, 5) is 16.4. The third-order valence-electron chi connectivity index (χ3n) is 4.84. The average Bonchev–Trinajstić information content (AvgIpc) is 3.47. The Morgan fingerprint density at radius 2 is 1.90 bits per heavy atom. The largest absolute Gasteiger partial charge is 0.416 e. The zero-order valence-electron chi connectivity index (χ0n) is 15.0. The number of nitrogens with one attached hydrogen (secondary N) is 1. The van der Waals surface area contributed by atoms with Crippen LogP contribution in [-0.2, 0) is 16.4 Å². The van der Waals surface area contributed by atoms with E-state index >= 15 is 0 Å². The second kappa shape index (κ2) is 6.89. The summed E-state index contributed by atoms with van der Waals surface area (Å²) in [5, 5.41) is 3.46. The smallest absolute Gasteiger partial charge is 0.315 e. The first-order valence-corrected chi connectivity index (χ1v) is 8.83. The first-order valence-electron chi connectivity index (χ1n) is 8.83. The number of fused-ring (bicyclic) bond motifs is 1. The van der Waals surface area contributed by atoms with Gasteiger partial charge in [-0.15, -0.1) is 0 Å². The van der Waals surface area contributed by atoms with Crippen LogP contribution in [0.3, 0.4) is 0 Å². The van der Waals surface area contributed by atoms with Gasteiger partial charge in [0.15, 0.2) is 0 Å². The SMILES string of the molecule is O=C(C#CC1(c2cc(C(F)(F)F)ccc2F)CC1)Nc1ccc2ncccc2c1. The number of anilines is 1. The van der Waals surface area contributed by atoms with E-state index in [1.807, 2.05) is 6.07 Å². The van der Waals surface area contributed by atoms with E-state index in [0.717, 1.165) is 23.0 Å². The molecule has 1 N–H and O–H groups in total. The number of rotatable bonds is 2. The maximum atomic E-state index is 14.2. The molecule has 3 aromatic rings. The number of carbonyl (C=O) groups is 1. The lowest BCUT2D eigenvalue weighted by Crippen LogP contribution is -2.13. The van der Waals surface area contributed by atoms with Crippen LogP contribution in [0.2, 0.25) is 0 Å². The third-order valence-corrected chi connectivity index (χ3v) is 4.84. The van der Waals surface area contributed by atoms with Gasteiger partial charge < -0.3 is 5.32 Å². The molecule has 0 bridgehead atoms. The van der Waals surface area contributed by atoms with Gasteiger partial charge in [0.1, 0.15) is 5.82 Å². The standard InChI is InChI=1S/C22H14F4N2O/c23-18-5-3-15(22(24,25)26)13-17(18)21(9-10-21)8-7-20(29)28-16-4-6-19-14(12-16)2-1-11-27-19/h1-6,11-13H,9-10H2,(H,28,29). The van der Waals surface area contributed by atoms with Crippen molar-refractivity contribution < 1.29 is 22.4 Å². The fourth-order valence-corrected chi connectivity index (χ4v) is 3.15. The lowest BCUT2D eigenvalue weighted by Gasteiger charge is -2.13. The lowest BCUT2D eigenvalue weighted by atomic mass is 9.94. The van der Waals surface area contributed by atoms with Crippen molar-refractivity contribution in [1.82, 2.24) is 4.98 Å². The van der Waals surface area contributed by atoms with Gasteiger partial charge in [0.2, 0.25) is 0 Å². The zero-order valence-corrected chi connectivity index (χ0v) is 15.0. The lowest BCUT2D eigenvalue weighted by molar-refractivity contribution is -0.137. The topological polar surface area (TPSA) is 42.0 Å². The first-order chi connectivity index (χ1) is 13.8. The molecule has 3 nitrogen and oxygen atoms in total. The fraction of sp³-hybridized carbons (Fsp3) is 0.182. The summed E-state index contributed by atoms with van der Waals surface area (Å²) in [6.07, 6.45) is -2.12. The summed E-state index contributed by atoms with van der Waals surface area (Å²) in [6.45, 7) is 0. The maximum Gasteiger partial charge on any atom is 0.416 e. The summed E-state index contributed by atoms with van der Waals surface area (Å²) in [6, 6.07) is 11.1. The third kappa shape index (κ3) is 3.92. The molecule has 146 valence electrons. The monoisotopic (exact) mass is 398 g/mol. The van der Waals surface area contributed by atoms with Gasteiger partial charge >= 0.3 is 6.18 Å². The first kappa shape index (κ1) is 18.9. The minimum Gasteiger partial charge on any atom is -0.315 e. The Morgan fingerprint density at radius 3 is 2.62 bits per heavy atom. The number of carbonyl (C=O) groups excluding carboxylic acids is 1. The van der Waals surface area contributed by atoms with Gasteiger partial charge in [0.05, 0.1) is 16.5 Å². The highest BCUT2D eigenvalue weighted by molar-refractivity contribution is 6.05. The predicted octanol–water partition coefficient (Wildman–Crippen LogP) is 5.07. The number of amides is 1. The molecule has 1 aliphatic carbocycles. The minimum atomic E-state index is -4.58. The van der Waals surface area contributed by atoms with Gasteiger partial charge in [-0.2, -0.15) is 13.2 Å². The van der Waals surface area contributed by atoms with E-state index in [1.165, 1.54) is 0 Å². The van der Waals surface area contributed by atoms with Crippen LogP contribution in [-0.4, -0.2) is 10.9 Å². The molecular formula is C22H14F4N2O. The van der Waals surface area contributed by atoms with Gasteiger partial charge in [-0.25, -0.2) is 4.39 Å². The van der Waals surface area contributed by atoms with Crippen LogP contribution in [0, 0.1) is 17.7 Å². The number of alkyl halides is 3. The Balaban J connectivity index is 1.56. The Morgan fingerprint density at radius 1 is 1.10 bits per heavy atom. The van der Waals surface area contributed by atoms with Crippen LogP contribution >= 0.6 is 0 Å². The minimum absolute atomic E-state index is 0.121. The molecule has 0 radical (unpaired) electrons. The number of aromatic nitrogens is 1. The van der Waals surface area contributed by atoms with Crippen molar-refractivity contribution in [3.8, 4) is 11.8 Å². The molecule has 0 unspecified atom stereocenters. The highest BCUT2D eigenvalue weighted by atomic mass is 19.4. The van der Waals surface area contributed by atoms with Crippen LogP contribution in [0.5, 0.6) is 0 Å². The highest BCUT2D eigenvalue weighted by Gasteiger charge is 2.46. The second-order valence-corrected chi connectivity index (χ2v) is 6.89. The summed E-state index contributed by atoms with van der Waals surface area (Å²) >= 11 is 0. The van der Waals surface area contributed by atoms with Crippen LogP contribution < -0.4 is 5.32 Å². The van der Waals surface area contributed by atoms with Crippen LogP contribution in [0.1, 0.15) is 24.0 Å². The Bertz CT molecular complexity index is 1170. The number of pyridine rings is 1. The maximum absolute atomic E-state index is 14.2. The van der Waals surface area contributed by atoms with Crippen molar-refractivity contribution in [3.63, 3.8) is 0 Å². The van der Waals surface area contributed by atoms with Crippen molar-refractivity contribution in [2.24, 2.45) is 0 Å². The quantitative estimate of drug-likeness (QED) is 0.484. The summed E-state index contributed by atoms with van der Waals surface area (Å²) < 4.78 is 53.0. The molecule has 0 aliphatic heterocycles. The number of halogens is 4. The molecule has 1 fully saturated rings. The predicted molar refractivity (Wildman–Crippen MR) is 100 cm³/mol. The molecule has 2 aromatic carbocycles. The van der Waals surface area contributed by atoms with Crippen LogP contribution in [0.25, 0.3) is 10.9 Å². The summed E-state index contributed by atoms with van der Waals surface area (Å²) in [5.74, 6) is 3.71. The molecule has 0 spiro atoms. The Kier molecular flexibility index (Phi) is 4.50. The Labute approximate surface area is 163 Å². The van der Waals surface area contributed by atoms with E-state index in [1.54, 1.807) is 30.5 Å². The molecule has 0 saturated heterocycles. The van der Waals surface area contributed by atoms with Crippen molar-refractivity contribution >= 4 is 22.5 Å². The molecular weight excluding hydrogens is 384 g/mol. The average molecular weight is 398 g/mol. The van der Waals surface area contributed by atoms with E-state index in [-0.39, 0.29) is 5.56 Å². The van der Waals surface area contributed by atoms with Crippen LogP contribution in [0.15, 0.2) is 54.7 Å². The number of hydrogen-bond acceptors (Lipinski definition) is 2. The fourth-order valence-electron chi connectivity index (χ4n) is 3.15. The molecule has 1 aromatic heterocycles. The second-order valence-electron chi connectivity index (χ2n) is 6.89. The van der Waals surface area contributed by atoms with E-state index in [4.69, 9.17) is 0 Å². The van der Waals surface area contributed by atoms with E-state index in [9.17, 15) is 22.4 Å². The van der Waals surface area contributed by atoms with E-state index in [0.29, 0.717) is 24.6 Å². The molecule has 1 saturated carbocycles. The van der Waals surface area contributed by atoms with Gasteiger partial charge in [-0.1, -0.05) is 12.0 Å². The van der Waals surface area contributed by atoms with E-state index < -0.39 is 28.9 Å². The van der Waals surface area contributed by atoms with Gasteiger partial charge in [0, 0.05) is 22.8 Å². The van der Waals surface area contributed by atoms with Gasteiger partial charge in [-0.3, -0.25) is 9.78 Å². The summed E-state index contributed by atoms with van der Waals surface area (Å²) in [5.41, 5.74) is -0.829.